The second-order valence-electron chi connectivity index (χ2n) is 1.24. The predicted molar refractivity (Wildman–Crippen MR) is 74.9 cm³/mol. The average molecular weight is 200 g/mol. The standard InChI is InChI=1S/C6H10.3C2H6.C2H4/c1-4-6(3)5-2;4*1-2/h4-5H,1H2,2-3H3;3*1-2H3;1-2H2/b6-5+;;;;. The molecule has 0 aliphatic rings. The number of hydrogen-bond donors (Lipinski definition) is 0. The monoisotopic (exact) mass is 200 g/mol. The Morgan fingerprint density at radius 1 is 0.857 bits per heavy atom. The van der Waals surface area contributed by atoms with E-state index in [0.717, 1.165) is 0 Å². The summed E-state index contributed by atoms with van der Waals surface area (Å²) in [5, 5.41) is 0. The van der Waals surface area contributed by atoms with E-state index in [1.165, 1.54) is 5.57 Å². The van der Waals surface area contributed by atoms with Crippen LogP contribution < -0.4 is 0 Å². The van der Waals surface area contributed by atoms with Gasteiger partial charge >= 0.3 is 0 Å². The zero-order valence-corrected chi connectivity index (χ0v) is 11.8. The lowest BCUT2D eigenvalue weighted by Gasteiger charge is -1.78. The maximum absolute atomic E-state index is 3.56. The molecule has 0 heteroatoms. The molecule has 0 spiro atoms. The van der Waals surface area contributed by atoms with Gasteiger partial charge in [0.2, 0.25) is 0 Å². The van der Waals surface area contributed by atoms with Crippen LogP contribution >= 0.6 is 0 Å². The molecule has 0 aliphatic heterocycles. The lowest BCUT2D eigenvalue weighted by molar-refractivity contribution is 1.49. The molecule has 0 aromatic carbocycles. The van der Waals surface area contributed by atoms with Gasteiger partial charge in [-0.2, -0.15) is 0 Å². The zero-order chi connectivity index (χ0) is 13.0. The molecular weight excluding hydrogens is 168 g/mol. The molecule has 0 aliphatic carbocycles. The minimum atomic E-state index is 1.23. The molecule has 0 radical (unpaired) electrons. The molecule has 0 heterocycles. The summed E-state index contributed by atoms with van der Waals surface area (Å²) < 4.78 is 0. The normalized spacial score (nSPS) is 6.43. The maximum Gasteiger partial charge on any atom is -0.0401 e. The van der Waals surface area contributed by atoms with Gasteiger partial charge in [-0.05, 0) is 13.8 Å². The minimum Gasteiger partial charge on any atom is -0.106 e. The van der Waals surface area contributed by atoms with E-state index in [1.54, 1.807) is 0 Å². The van der Waals surface area contributed by atoms with Gasteiger partial charge in [-0.3, -0.25) is 0 Å². The van der Waals surface area contributed by atoms with Crippen LogP contribution in [0.1, 0.15) is 55.4 Å². The van der Waals surface area contributed by atoms with Gasteiger partial charge in [0, 0.05) is 0 Å². The molecule has 0 nitrogen and oxygen atoms in total. The Balaban J connectivity index is -0.0000000287. The Labute approximate surface area is 93.4 Å². The lowest BCUT2D eigenvalue weighted by Crippen LogP contribution is -1.57. The maximum atomic E-state index is 3.56. The van der Waals surface area contributed by atoms with Crippen LogP contribution in [0.2, 0.25) is 0 Å². The second-order valence-corrected chi connectivity index (χ2v) is 1.24. The average Bonchev–Trinajstić information content (AvgIpc) is 2.38. The van der Waals surface area contributed by atoms with Gasteiger partial charge in [0.15, 0.2) is 0 Å². The fraction of sp³-hybridized carbons (Fsp3) is 0.571. The van der Waals surface area contributed by atoms with E-state index in [4.69, 9.17) is 0 Å². The molecule has 0 atom stereocenters. The molecule has 0 amide bonds. The highest BCUT2D eigenvalue weighted by molar-refractivity contribution is 5.10. The van der Waals surface area contributed by atoms with Crippen molar-refractivity contribution in [3.05, 3.63) is 37.5 Å². The summed E-state index contributed by atoms with van der Waals surface area (Å²) in [6.07, 6.45) is 3.85. The molecule has 0 N–H and O–H groups in total. The van der Waals surface area contributed by atoms with E-state index < -0.39 is 0 Å². The van der Waals surface area contributed by atoms with E-state index in [2.05, 4.69) is 19.7 Å². The Morgan fingerprint density at radius 3 is 1.07 bits per heavy atom. The van der Waals surface area contributed by atoms with Gasteiger partial charge in [0.1, 0.15) is 0 Å². The molecule has 0 rings (SSSR count). The Morgan fingerprint density at radius 2 is 1.07 bits per heavy atom. The first-order valence-electron chi connectivity index (χ1n) is 5.56. The molecule has 0 saturated heterocycles. The van der Waals surface area contributed by atoms with Crippen LogP contribution in [0.3, 0.4) is 0 Å². The fourth-order valence-electron chi connectivity index (χ4n) is 0.118. The van der Waals surface area contributed by atoms with Crippen LogP contribution in [-0.4, -0.2) is 0 Å². The van der Waals surface area contributed by atoms with Crippen LogP contribution in [0.15, 0.2) is 37.5 Å². The molecule has 0 bridgehead atoms. The minimum absolute atomic E-state index is 1.23. The van der Waals surface area contributed by atoms with Crippen LogP contribution in [-0.2, 0) is 0 Å². The molecule has 14 heavy (non-hydrogen) atoms. The number of hydrogen-bond acceptors (Lipinski definition) is 0. The first-order valence-corrected chi connectivity index (χ1v) is 5.56. The van der Waals surface area contributed by atoms with Crippen molar-refractivity contribution in [2.75, 3.05) is 0 Å². The third kappa shape index (κ3) is 113. The van der Waals surface area contributed by atoms with Gasteiger partial charge in [0.25, 0.3) is 0 Å². The largest absolute Gasteiger partial charge is 0.106 e. The molecule has 88 valence electrons. The highest BCUT2D eigenvalue weighted by atomic mass is 13.7. The highest BCUT2D eigenvalue weighted by Crippen LogP contribution is 1.88. The van der Waals surface area contributed by atoms with Crippen LogP contribution in [0.5, 0.6) is 0 Å². The van der Waals surface area contributed by atoms with Crippen molar-refractivity contribution < 1.29 is 0 Å². The smallest absolute Gasteiger partial charge is 0.0401 e. The van der Waals surface area contributed by atoms with Crippen molar-refractivity contribution in [2.45, 2.75) is 55.4 Å². The van der Waals surface area contributed by atoms with E-state index in [0.29, 0.717) is 0 Å². The summed E-state index contributed by atoms with van der Waals surface area (Å²) in [6, 6.07) is 0. The number of rotatable bonds is 1. The van der Waals surface area contributed by atoms with Gasteiger partial charge in [-0.1, -0.05) is 65.8 Å². The van der Waals surface area contributed by atoms with Crippen LogP contribution in [0, 0.1) is 0 Å². The van der Waals surface area contributed by atoms with Gasteiger partial charge in [-0.15, -0.1) is 13.2 Å². The molecule has 0 aromatic rings. The van der Waals surface area contributed by atoms with Gasteiger partial charge in [-0.25, -0.2) is 0 Å². The Bertz CT molecular complexity index is 78.0. The first kappa shape index (κ1) is 29.2. The van der Waals surface area contributed by atoms with E-state index in [1.807, 2.05) is 67.5 Å². The van der Waals surface area contributed by atoms with Crippen LogP contribution in [0.4, 0.5) is 0 Å². The second kappa shape index (κ2) is 86.4. The lowest BCUT2D eigenvalue weighted by atomic mass is 10.3. The van der Waals surface area contributed by atoms with Crippen molar-refractivity contribution in [1.82, 2.24) is 0 Å². The summed E-state index contributed by atoms with van der Waals surface area (Å²) in [7, 11) is 0. The topological polar surface area (TPSA) is 0 Å². The summed E-state index contributed by atoms with van der Waals surface area (Å²) in [5.74, 6) is 0. The third-order valence-electron chi connectivity index (χ3n) is 0.777. The van der Waals surface area contributed by atoms with E-state index >= 15 is 0 Å². The zero-order valence-electron chi connectivity index (χ0n) is 11.8. The molecule has 0 aromatic heterocycles. The van der Waals surface area contributed by atoms with Crippen molar-refractivity contribution in [2.24, 2.45) is 0 Å². The SMILES string of the molecule is C=C.C=C/C(C)=C/C.CC.CC.CC. The van der Waals surface area contributed by atoms with E-state index in [9.17, 15) is 0 Å². The molecule has 0 saturated carbocycles. The highest BCUT2D eigenvalue weighted by Gasteiger charge is 1.66. The Kier molecular flexibility index (Phi) is 180. The summed E-state index contributed by atoms with van der Waals surface area (Å²) in [5.41, 5.74) is 1.23. The van der Waals surface area contributed by atoms with E-state index in [-0.39, 0.29) is 0 Å². The fourth-order valence-corrected chi connectivity index (χ4v) is 0.118. The molecule has 0 fully saturated rings. The summed E-state index contributed by atoms with van der Waals surface area (Å²) in [6.45, 7) is 25.6. The van der Waals surface area contributed by atoms with Crippen molar-refractivity contribution in [3.8, 4) is 0 Å². The molecule has 0 unspecified atom stereocenters. The summed E-state index contributed by atoms with van der Waals surface area (Å²) in [4.78, 5) is 0. The van der Waals surface area contributed by atoms with Crippen molar-refractivity contribution in [1.29, 1.82) is 0 Å². The Hall–Kier alpha value is -0.780. The van der Waals surface area contributed by atoms with Crippen molar-refractivity contribution >= 4 is 0 Å². The number of allylic oxidation sites excluding steroid dienone is 3. The quantitative estimate of drug-likeness (QED) is 0.358. The molecular formula is C14H32. The predicted octanol–water partition coefficient (Wildman–Crippen LogP) is 6.02. The third-order valence-corrected chi connectivity index (χ3v) is 0.777. The summed E-state index contributed by atoms with van der Waals surface area (Å²) >= 11 is 0. The van der Waals surface area contributed by atoms with Gasteiger partial charge in [0.05, 0.1) is 0 Å². The van der Waals surface area contributed by atoms with Crippen LogP contribution in [0.25, 0.3) is 0 Å². The first-order chi connectivity index (χ1) is 6.81. The van der Waals surface area contributed by atoms with Gasteiger partial charge < -0.3 is 0 Å². The van der Waals surface area contributed by atoms with Crippen molar-refractivity contribution in [3.63, 3.8) is 0 Å².